The van der Waals surface area contributed by atoms with Crippen LogP contribution in [0, 0.1) is 11.3 Å². The van der Waals surface area contributed by atoms with Gasteiger partial charge in [-0.05, 0) is 12.1 Å². The third-order valence-corrected chi connectivity index (χ3v) is 4.94. The zero-order valence-electron chi connectivity index (χ0n) is 12.3. The minimum absolute atomic E-state index is 0.414. The van der Waals surface area contributed by atoms with Gasteiger partial charge in [0.15, 0.2) is 0 Å². The highest BCUT2D eigenvalue weighted by Gasteiger charge is 2.09. The molecule has 1 N–H and O–H groups in total. The van der Waals surface area contributed by atoms with Crippen LogP contribution in [0.2, 0.25) is 10.0 Å². The zero-order valence-corrected chi connectivity index (χ0v) is 14.7. The van der Waals surface area contributed by atoms with Gasteiger partial charge in [0, 0.05) is 17.1 Å². The van der Waals surface area contributed by atoms with Gasteiger partial charge in [0.05, 0.1) is 21.4 Å². The molecule has 1 heterocycles. The molecule has 0 aliphatic rings. The van der Waals surface area contributed by atoms with Crippen molar-refractivity contribution in [2.24, 2.45) is 0 Å². The van der Waals surface area contributed by atoms with E-state index < -0.39 is 0 Å². The van der Waals surface area contributed by atoms with Crippen LogP contribution in [0.15, 0.2) is 60.1 Å². The summed E-state index contributed by atoms with van der Waals surface area (Å²) in [6, 6.07) is 17.3. The van der Waals surface area contributed by atoms with Crippen LogP contribution >= 0.6 is 34.5 Å². The van der Waals surface area contributed by atoms with Gasteiger partial charge in [0.25, 0.3) is 0 Å². The number of nitrogens with one attached hydrogen (secondary N) is 1. The van der Waals surface area contributed by atoms with Crippen molar-refractivity contribution < 1.29 is 0 Å². The number of rotatable bonds is 4. The van der Waals surface area contributed by atoms with Gasteiger partial charge in [-0.15, -0.1) is 11.3 Å². The molecule has 3 rings (SSSR count). The number of halogens is 2. The van der Waals surface area contributed by atoms with Crippen molar-refractivity contribution in [1.29, 1.82) is 5.26 Å². The van der Waals surface area contributed by atoms with Gasteiger partial charge in [-0.25, -0.2) is 4.98 Å². The second-order valence-electron chi connectivity index (χ2n) is 4.82. The Morgan fingerprint density at radius 1 is 1.12 bits per heavy atom. The Bertz CT molecular complexity index is 927. The second-order valence-corrected chi connectivity index (χ2v) is 6.46. The van der Waals surface area contributed by atoms with E-state index in [1.165, 1.54) is 11.3 Å². The first kappa shape index (κ1) is 16.5. The average molecular weight is 372 g/mol. The first-order valence-electron chi connectivity index (χ1n) is 7.01. The molecule has 3 aromatic rings. The van der Waals surface area contributed by atoms with Crippen LogP contribution in [0.4, 0.5) is 5.69 Å². The third-order valence-electron chi connectivity index (χ3n) is 3.25. The van der Waals surface area contributed by atoms with Crippen molar-refractivity contribution >= 4 is 45.8 Å². The van der Waals surface area contributed by atoms with Gasteiger partial charge in [0.2, 0.25) is 0 Å². The molecule has 0 aliphatic carbocycles. The number of nitrogens with zero attached hydrogens (tertiary/aromatic N) is 2. The van der Waals surface area contributed by atoms with Gasteiger partial charge >= 0.3 is 0 Å². The predicted molar refractivity (Wildman–Crippen MR) is 101 cm³/mol. The monoisotopic (exact) mass is 371 g/mol. The van der Waals surface area contributed by atoms with Gasteiger partial charge in [-0.1, -0.05) is 59.6 Å². The Balaban J connectivity index is 1.86. The number of nitriles is 1. The number of anilines is 1. The van der Waals surface area contributed by atoms with E-state index in [9.17, 15) is 5.26 Å². The molecule has 118 valence electrons. The summed E-state index contributed by atoms with van der Waals surface area (Å²) in [6.45, 7) is 0. The van der Waals surface area contributed by atoms with Gasteiger partial charge in [-0.3, -0.25) is 0 Å². The Kier molecular flexibility index (Phi) is 5.17. The highest BCUT2D eigenvalue weighted by atomic mass is 35.5. The summed E-state index contributed by atoms with van der Waals surface area (Å²) in [7, 11) is 0. The number of thiazole rings is 1. The molecule has 3 nitrogen and oxygen atoms in total. The highest BCUT2D eigenvalue weighted by Crippen LogP contribution is 2.30. The second kappa shape index (κ2) is 7.50. The zero-order chi connectivity index (χ0) is 16.9. The number of allylic oxidation sites excluding steroid dienone is 1. The third kappa shape index (κ3) is 3.60. The highest BCUT2D eigenvalue weighted by molar-refractivity contribution is 7.11. The lowest BCUT2D eigenvalue weighted by molar-refractivity contribution is 1.36. The van der Waals surface area contributed by atoms with Gasteiger partial charge in [0.1, 0.15) is 16.6 Å². The molecule has 6 heteroatoms. The summed E-state index contributed by atoms with van der Waals surface area (Å²) in [5.41, 5.74) is 2.93. The Morgan fingerprint density at radius 3 is 2.67 bits per heavy atom. The molecule has 0 saturated heterocycles. The first-order valence-corrected chi connectivity index (χ1v) is 8.64. The smallest absolute Gasteiger partial charge is 0.136 e. The number of hydrogen-bond acceptors (Lipinski definition) is 4. The summed E-state index contributed by atoms with van der Waals surface area (Å²) in [5, 5.41) is 15.9. The van der Waals surface area contributed by atoms with E-state index in [1.54, 1.807) is 24.4 Å². The lowest BCUT2D eigenvalue weighted by Crippen LogP contribution is -1.92. The molecule has 1 aromatic heterocycles. The maximum Gasteiger partial charge on any atom is 0.136 e. The molecule has 0 radical (unpaired) electrons. The van der Waals surface area contributed by atoms with Crippen LogP contribution in [0.3, 0.4) is 0 Å². The molecule has 0 bridgehead atoms. The molecular weight excluding hydrogens is 361 g/mol. The van der Waals surface area contributed by atoms with Crippen LogP contribution in [-0.4, -0.2) is 4.98 Å². The topological polar surface area (TPSA) is 48.7 Å². The average Bonchev–Trinajstić information content (AvgIpc) is 3.10. The fraction of sp³-hybridized carbons (Fsp3) is 0. The summed E-state index contributed by atoms with van der Waals surface area (Å²) >= 11 is 13.5. The molecule has 0 spiro atoms. The van der Waals surface area contributed by atoms with Crippen LogP contribution in [0.1, 0.15) is 5.01 Å². The normalized spacial score (nSPS) is 11.1. The van der Waals surface area contributed by atoms with Crippen LogP contribution < -0.4 is 5.32 Å². The van der Waals surface area contributed by atoms with Crippen LogP contribution in [0.25, 0.3) is 16.8 Å². The molecule has 0 amide bonds. The van der Waals surface area contributed by atoms with Crippen molar-refractivity contribution in [3.63, 3.8) is 0 Å². The molecule has 24 heavy (non-hydrogen) atoms. The first-order chi connectivity index (χ1) is 11.7. The standard InChI is InChI=1S/C18H11Cl2N3S/c19-14-7-4-8-15(17(14)20)22-10-13(9-21)18-23-16(11-24-18)12-5-2-1-3-6-12/h1-8,10-11,22H/b13-10-. The Morgan fingerprint density at radius 2 is 1.92 bits per heavy atom. The summed E-state index contributed by atoms with van der Waals surface area (Å²) < 4.78 is 0. The maximum absolute atomic E-state index is 9.41. The predicted octanol–water partition coefficient (Wildman–Crippen LogP) is 6.09. The quantitative estimate of drug-likeness (QED) is 0.564. The number of aromatic nitrogens is 1. The van der Waals surface area contributed by atoms with E-state index in [0.29, 0.717) is 26.3 Å². The van der Waals surface area contributed by atoms with Crippen molar-refractivity contribution in [1.82, 2.24) is 4.98 Å². The lowest BCUT2D eigenvalue weighted by Gasteiger charge is -2.05. The van der Waals surface area contributed by atoms with Crippen molar-refractivity contribution in [2.75, 3.05) is 5.32 Å². The number of benzene rings is 2. The van der Waals surface area contributed by atoms with E-state index in [2.05, 4.69) is 16.4 Å². The lowest BCUT2D eigenvalue weighted by atomic mass is 10.2. The molecule has 0 atom stereocenters. The van der Waals surface area contributed by atoms with E-state index in [4.69, 9.17) is 23.2 Å². The molecule has 0 fully saturated rings. The SMILES string of the molecule is N#C/C(=C/Nc1cccc(Cl)c1Cl)c1nc(-c2ccccc2)cs1. The van der Waals surface area contributed by atoms with Crippen molar-refractivity contribution in [2.45, 2.75) is 0 Å². The molecule has 2 aromatic carbocycles. The Hall–Kier alpha value is -2.32. The minimum atomic E-state index is 0.414. The van der Waals surface area contributed by atoms with Crippen LogP contribution in [0.5, 0.6) is 0 Å². The number of hydrogen-bond donors (Lipinski definition) is 1. The van der Waals surface area contributed by atoms with Crippen LogP contribution in [-0.2, 0) is 0 Å². The van der Waals surface area contributed by atoms with Crippen molar-refractivity contribution in [3.8, 4) is 17.3 Å². The van der Waals surface area contributed by atoms with Crippen molar-refractivity contribution in [3.05, 3.63) is 75.2 Å². The summed E-state index contributed by atoms with van der Waals surface area (Å²) in [4.78, 5) is 4.53. The summed E-state index contributed by atoms with van der Waals surface area (Å²) in [6.07, 6.45) is 1.59. The van der Waals surface area contributed by atoms with E-state index >= 15 is 0 Å². The molecular formula is C18H11Cl2N3S. The van der Waals surface area contributed by atoms with E-state index in [1.807, 2.05) is 35.7 Å². The van der Waals surface area contributed by atoms with Gasteiger partial charge in [-0.2, -0.15) is 5.26 Å². The fourth-order valence-corrected chi connectivity index (χ4v) is 3.20. The summed E-state index contributed by atoms with van der Waals surface area (Å²) in [5.74, 6) is 0. The van der Waals surface area contributed by atoms with E-state index in [0.717, 1.165) is 11.3 Å². The maximum atomic E-state index is 9.41. The molecule has 0 saturated carbocycles. The fourth-order valence-electron chi connectivity index (χ4n) is 2.05. The minimum Gasteiger partial charge on any atom is -0.359 e. The largest absolute Gasteiger partial charge is 0.359 e. The van der Waals surface area contributed by atoms with Gasteiger partial charge < -0.3 is 5.32 Å². The Labute approximate surface area is 153 Å². The molecule has 0 unspecified atom stereocenters. The molecule has 0 aliphatic heterocycles. The van der Waals surface area contributed by atoms with E-state index in [-0.39, 0.29) is 0 Å².